The van der Waals surface area contributed by atoms with Crippen molar-refractivity contribution in [3.8, 4) is 0 Å². The van der Waals surface area contributed by atoms with E-state index in [1.165, 1.54) is 18.2 Å². The first kappa shape index (κ1) is 13.0. The number of hydrogen-bond donors (Lipinski definition) is 3. The highest BCUT2D eigenvalue weighted by Gasteiger charge is 2.14. The molecule has 2 aromatic rings. The van der Waals surface area contributed by atoms with E-state index in [4.69, 9.17) is 5.84 Å². The molecule has 0 aromatic heterocycles. The molecule has 19 heavy (non-hydrogen) atoms. The lowest BCUT2D eigenvalue weighted by Crippen LogP contribution is -2.18. The van der Waals surface area contributed by atoms with Crippen molar-refractivity contribution in [1.82, 2.24) is 0 Å². The van der Waals surface area contributed by atoms with Gasteiger partial charge in [-0.25, -0.2) is 4.39 Å². The number of benzene rings is 2. The second-order valence-corrected chi connectivity index (χ2v) is 4.08. The van der Waals surface area contributed by atoms with Gasteiger partial charge in [0.2, 0.25) is 0 Å². The maximum atomic E-state index is 13.5. The molecule has 0 bridgehead atoms. The van der Waals surface area contributed by atoms with Crippen LogP contribution in [-0.2, 0) is 0 Å². The van der Waals surface area contributed by atoms with Crippen LogP contribution in [0.1, 0.15) is 15.9 Å². The molecule has 1 amide bonds. The molecule has 0 radical (unpaired) electrons. The van der Waals surface area contributed by atoms with E-state index in [2.05, 4.69) is 10.7 Å². The Bertz CT molecular complexity index is 613. The highest BCUT2D eigenvalue weighted by Crippen LogP contribution is 2.21. The van der Waals surface area contributed by atoms with Gasteiger partial charge in [0.15, 0.2) is 0 Å². The summed E-state index contributed by atoms with van der Waals surface area (Å²) in [7, 11) is 0. The molecule has 0 aliphatic carbocycles. The molecular weight excluding hydrogens is 245 g/mol. The molecule has 0 aliphatic heterocycles. The summed E-state index contributed by atoms with van der Waals surface area (Å²) in [4.78, 5) is 12.1. The lowest BCUT2D eigenvalue weighted by Gasteiger charge is -2.11. The third kappa shape index (κ3) is 2.71. The van der Waals surface area contributed by atoms with Crippen LogP contribution in [0, 0.1) is 12.7 Å². The summed E-state index contributed by atoms with van der Waals surface area (Å²) in [6.07, 6.45) is 0. The molecule has 0 heterocycles. The number of amides is 1. The van der Waals surface area contributed by atoms with Gasteiger partial charge in [0.1, 0.15) is 5.82 Å². The number of carbonyl (C=O) groups is 1. The van der Waals surface area contributed by atoms with Gasteiger partial charge >= 0.3 is 0 Å². The molecule has 0 aliphatic rings. The second kappa shape index (κ2) is 5.49. The molecule has 0 saturated carbocycles. The summed E-state index contributed by atoms with van der Waals surface area (Å²) in [5.74, 6) is 4.26. The highest BCUT2D eigenvalue weighted by atomic mass is 19.1. The Morgan fingerprint density at radius 2 is 1.89 bits per heavy atom. The maximum Gasteiger partial charge on any atom is 0.257 e. The van der Waals surface area contributed by atoms with Crippen LogP contribution in [0.4, 0.5) is 15.8 Å². The number of hydrazine groups is 1. The van der Waals surface area contributed by atoms with Crippen molar-refractivity contribution in [3.63, 3.8) is 0 Å². The Balaban J connectivity index is 2.31. The van der Waals surface area contributed by atoms with E-state index in [1.807, 2.05) is 25.1 Å². The third-order valence-corrected chi connectivity index (χ3v) is 2.80. The number of para-hydroxylation sites is 2. The highest BCUT2D eigenvalue weighted by molar-refractivity contribution is 6.08. The number of nitrogen functional groups attached to an aromatic ring is 1. The Hall–Kier alpha value is -2.40. The molecule has 0 atom stereocenters. The largest absolute Gasteiger partial charge is 0.322 e. The van der Waals surface area contributed by atoms with Crippen molar-refractivity contribution in [3.05, 3.63) is 59.4 Å². The fraction of sp³-hybridized carbons (Fsp3) is 0.0714. The summed E-state index contributed by atoms with van der Waals surface area (Å²) in [5, 5.41) is 2.73. The second-order valence-electron chi connectivity index (χ2n) is 4.08. The number of carbonyl (C=O) groups excluding carboxylic acids is 1. The van der Waals surface area contributed by atoms with Gasteiger partial charge in [-0.15, -0.1) is 0 Å². The van der Waals surface area contributed by atoms with Gasteiger partial charge in [-0.2, -0.15) is 0 Å². The zero-order valence-electron chi connectivity index (χ0n) is 10.4. The number of anilines is 2. The molecule has 5 heteroatoms. The normalized spacial score (nSPS) is 10.1. The van der Waals surface area contributed by atoms with E-state index in [0.717, 1.165) is 5.56 Å². The molecular formula is C14H14FN3O. The molecule has 0 unspecified atom stereocenters. The average Bonchev–Trinajstić information content (AvgIpc) is 2.41. The van der Waals surface area contributed by atoms with E-state index in [1.54, 1.807) is 6.07 Å². The minimum Gasteiger partial charge on any atom is -0.322 e. The maximum absolute atomic E-state index is 13.5. The number of hydrogen-bond acceptors (Lipinski definition) is 3. The average molecular weight is 259 g/mol. The van der Waals surface area contributed by atoms with Crippen LogP contribution in [0.25, 0.3) is 0 Å². The zero-order valence-corrected chi connectivity index (χ0v) is 10.4. The van der Waals surface area contributed by atoms with Gasteiger partial charge in [0, 0.05) is 5.69 Å². The van der Waals surface area contributed by atoms with Gasteiger partial charge in [0.05, 0.1) is 11.3 Å². The number of nitrogens with one attached hydrogen (secondary N) is 2. The van der Waals surface area contributed by atoms with Crippen molar-refractivity contribution in [1.29, 1.82) is 0 Å². The van der Waals surface area contributed by atoms with Crippen molar-refractivity contribution in [2.45, 2.75) is 6.92 Å². The van der Waals surface area contributed by atoms with E-state index in [9.17, 15) is 9.18 Å². The topological polar surface area (TPSA) is 67.2 Å². The van der Waals surface area contributed by atoms with Crippen LogP contribution in [-0.4, -0.2) is 5.91 Å². The monoisotopic (exact) mass is 259 g/mol. The fourth-order valence-electron chi connectivity index (χ4n) is 1.76. The van der Waals surface area contributed by atoms with E-state index < -0.39 is 11.7 Å². The lowest BCUT2D eigenvalue weighted by atomic mass is 10.1. The van der Waals surface area contributed by atoms with Crippen molar-refractivity contribution >= 4 is 17.3 Å². The Kier molecular flexibility index (Phi) is 3.77. The summed E-state index contributed by atoms with van der Waals surface area (Å²) in [6, 6.07) is 11.6. The smallest absolute Gasteiger partial charge is 0.257 e. The van der Waals surface area contributed by atoms with Crippen LogP contribution in [0.5, 0.6) is 0 Å². The number of halogens is 1. The van der Waals surface area contributed by atoms with E-state index in [0.29, 0.717) is 5.69 Å². The number of nitrogens with two attached hydrogens (primary N) is 1. The molecule has 2 rings (SSSR count). The molecule has 0 fully saturated rings. The standard InChI is InChI=1S/C14H14FN3O/c1-9-5-2-3-8-12(9)17-14(19)10-6-4-7-11(15)13(10)18-16/h2-8,18H,16H2,1H3,(H,17,19). The Morgan fingerprint density at radius 3 is 2.58 bits per heavy atom. The van der Waals surface area contributed by atoms with Gasteiger partial charge in [-0.1, -0.05) is 24.3 Å². The molecule has 0 saturated heterocycles. The van der Waals surface area contributed by atoms with E-state index in [-0.39, 0.29) is 11.3 Å². The SMILES string of the molecule is Cc1ccccc1NC(=O)c1cccc(F)c1NN. The van der Waals surface area contributed by atoms with Crippen LogP contribution >= 0.6 is 0 Å². The van der Waals surface area contributed by atoms with Crippen molar-refractivity contribution in [2.75, 3.05) is 10.7 Å². The summed E-state index contributed by atoms with van der Waals surface area (Å²) in [5.41, 5.74) is 3.95. The van der Waals surface area contributed by atoms with Gasteiger partial charge in [0.25, 0.3) is 5.91 Å². The lowest BCUT2D eigenvalue weighted by molar-refractivity contribution is 0.102. The fourth-order valence-corrected chi connectivity index (χ4v) is 1.76. The van der Waals surface area contributed by atoms with Crippen LogP contribution in [0.2, 0.25) is 0 Å². The van der Waals surface area contributed by atoms with Crippen LogP contribution < -0.4 is 16.6 Å². The van der Waals surface area contributed by atoms with Crippen molar-refractivity contribution < 1.29 is 9.18 Å². The number of rotatable bonds is 3. The zero-order chi connectivity index (χ0) is 13.8. The molecule has 98 valence electrons. The quantitative estimate of drug-likeness (QED) is 0.586. The number of aryl methyl sites for hydroxylation is 1. The summed E-state index contributed by atoms with van der Waals surface area (Å²) < 4.78 is 13.5. The first-order valence-electron chi connectivity index (χ1n) is 5.75. The van der Waals surface area contributed by atoms with Crippen LogP contribution in [0.15, 0.2) is 42.5 Å². The predicted octanol–water partition coefficient (Wildman–Crippen LogP) is 2.67. The first-order chi connectivity index (χ1) is 9.13. The molecule has 2 aromatic carbocycles. The van der Waals surface area contributed by atoms with Gasteiger partial charge in [-0.3, -0.25) is 10.6 Å². The molecule has 4 nitrogen and oxygen atoms in total. The Morgan fingerprint density at radius 1 is 1.16 bits per heavy atom. The van der Waals surface area contributed by atoms with Crippen LogP contribution in [0.3, 0.4) is 0 Å². The van der Waals surface area contributed by atoms with E-state index >= 15 is 0 Å². The Labute approximate surface area is 110 Å². The van der Waals surface area contributed by atoms with Gasteiger partial charge < -0.3 is 10.7 Å². The summed E-state index contributed by atoms with van der Waals surface area (Å²) >= 11 is 0. The third-order valence-electron chi connectivity index (χ3n) is 2.80. The summed E-state index contributed by atoms with van der Waals surface area (Å²) in [6.45, 7) is 1.88. The predicted molar refractivity (Wildman–Crippen MR) is 73.3 cm³/mol. The minimum absolute atomic E-state index is 0.0198. The molecule has 4 N–H and O–H groups in total. The van der Waals surface area contributed by atoms with Gasteiger partial charge in [-0.05, 0) is 30.7 Å². The van der Waals surface area contributed by atoms with Crippen molar-refractivity contribution in [2.24, 2.45) is 5.84 Å². The molecule has 0 spiro atoms. The first-order valence-corrected chi connectivity index (χ1v) is 5.75. The minimum atomic E-state index is -0.570.